The average molecular weight is 385 g/mol. The molecule has 5 heteroatoms. The molecule has 2 aromatic rings. The summed E-state index contributed by atoms with van der Waals surface area (Å²) in [4.78, 5) is 8.79. The lowest BCUT2D eigenvalue weighted by molar-refractivity contribution is 0.678. The van der Waals surface area contributed by atoms with Crippen LogP contribution < -0.4 is 5.73 Å². The molecule has 0 aliphatic rings. The summed E-state index contributed by atoms with van der Waals surface area (Å²) in [5.41, 5.74) is 9.28. The second kappa shape index (κ2) is 6.59. The lowest BCUT2D eigenvalue weighted by Crippen LogP contribution is -2.16. The van der Waals surface area contributed by atoms with E-state index < -0.39 is 0 Å². The Morgan fingerprint density at radius 3 is 2.58 bits per heavy atom. The summed E-state index contributed by atoms with van der Waals surface area (Å²) in [5.74, 6) is 0. The summed E-state index contributed by atoms with van der Waals surface area (Å²) in [5, 5.41) is 0. The predicted octanol–water partition coefficient (Wildman–Crippen LogP) is 3.81. The van der Waals surface area contributed by atoms with Crippen LogP contribution in [0.2, 0.25) is 0 Å². The molecule has 100 valence electrons. The third-order valence-electron chi connectivity index (χ3n) is 2.91. The van der Waals surface area contributed by atoms with Crippen molar-refractivity contribution in [3.8, 4) is 0 Å². The first-order valence-electron chi connectivity index (χ1n) is 6.10. The van der Waals surface area contributed by atoms with Crippen molar-refractivity contribution in [1.82, 2.24) is 9.97 Å². The number of rotatable bonds is 4. The zero-order valence-corrected chi connectivity index (χ0v) is 13.8. The summed E-state index contributed by atoms with van der Waals surface area (Å²) < 4.78 is 1.85. The van der Waals surface area contributed by atoms with Crippen LogP contribution in [0.15, 0.2) is 39.5 Å². The van der Waals surface area contributed by atoms with Gasteiger partial charge in [0, 0.05) is 33.5 Å². The van der Waals surface area contributed by atoms with Crippen LogP contribution in [0, 0.1) is 0 Å². The largest absolute Gasteiger partial charge is 0.322 e. The minimum Gasteiger partial charge on any atom is -0.322 e. The number of aryl methyl sites for hydroxylation is 1. The van der Waals surface area contributed by atoms with Crippen molar-refractivity contribution in [1.29, 1.82) is 0 Å². The van der Waals surface area contributed by atoms with E-state index in [1.165, 1.54) is 5.56 Å². The van der Waals surface area contributed by atoms with Gasteiger partial charge < -0.3 is 5.73 Å². The van der Waals surface area contributed by atoms with E-state index in [1.807, 2.05) is 18.3 Å². The molecule has 2 N–H and O–H groups in total. The van der Waals surface area contributed by atoms with Crippen LogP contribution in [-0.4, -0.2) is 9.97 Å². The molecule has 0 aromatic carbocycles. The number of aromatic nitrogens is 2. The van der Waals surface area contributed by atoms with Crippen LogP contribution in [0.3, 0.4) is 0 Å². The van der Waals surface area contributed by atoms with Gasteiger partial charge in [0.2, 0.25) is 0 Å². The zero-order valence-electron chi connectivity index (χ0n) is 10.6. The fraction of sp³-hybridized carbons (Fsp3) is 0.286. The van der Waals surface area contributed by atoms with Gasteiger partial charge >= 0.3 is 0 Å². The number of hydrogen-bond donors (Lipinski definition) is 1. The molecule has 0 aliphatic heterocycles. The number of nitrogens with zero attached hydrogens (tertiary/aromatic N) is 2. The molecule has 2 rings (SSSR count). The Labute approximate surface area is 129 Å². The van der Waals surface area contributed by atoms with Gasteiger partial charge in [0.1, 0.15) is 0 Å². The molecule has 1 unspecified atom stereocenters. The van der Waals surface area contributed by atoms with Gasteiger partial charge in [-0.2, -0.15) is 0 Å². The predicted molar refractivity (Wildman–Crippen MR) is 83.9 cm³/mol. The fourth-order valence-electron chi connectivity index (χ4n) is 1.80. The highest BCUT2D eigenvalue weighted by atomic mass is 79.9. The average Bonchev–Trinajstić information content (AvgIpc) is 2.39. The maximum atomic E-state index is 6.20. The number of pyridine rings is 2. The van der Waals surface area contributed by atoms with E-state index in [0.29, 0.717) is 6.42 Å². The number of hydrogen-bond acceptors (Lipinski definition) is 3. The van der Waals surface area contributed by atoms with E-state index in [1.54, 1.807) is 6.20 Å². The van der Waals surface area contributed by atoms with Gasteiger partial charge in [-0.1, -0.05) is 13.0 Å². The molecule has 0 spiro atoms. The molecule has 19 heavy (non-hydrogen) atoms. The van der Waals surface area contributed by atoms with Crippen LogP contribution >= 0.6 is 31.9 Å². The van der Waals surface area contributed by atoms with E-state index in [-0.39, 0.29) is 6.04 Å². The molecular formula is C14H15Br2N3. The van der Waals surface area contributed by atoms with Crippen molar-refractivity contribution in [3.05, 3.63) is 56.5 Å². The molecular weight excluding hydrogens is 370 g/mol. The summed E-state index contributed by atoms with van der Waals surface area (Å²) in [7, 11) is 0. The van der Waals surface area contributed by atoms with Gasteiger partial charge in [-0.3, -0.25) is 9.97 Å². The van der Waals surface area contributed by atoms with Crippen molar-refractivity contribution >= 4 is 31.9 Å². The highest BCUT2D eigenvalue weighted by Gasteiger charge is 2.13. The first-order chi connectivity index (χ1) is 9.10. The Balaban J connectivity index is 2.13. The Kier molecular flexibility index (Phi) is 5.07. The molecule has 3 nitrogen and oxygen atoms in total. The van der Waals surface area contributed by atoms with Gasteiger partial charge in [-0.15, -0.1) is 0 Å². The summed E-state index contributed by atoms with van der Waals surface area (Å²) >= 11 is 6.87. The Hall–Kier alpha value is -0.780. The maximum Gasteiger partial charge on any atom is 0.0717 e. The van der Waals surface area contributed by atoms with Crippen LogP contribution in [0.5, 0.6) is 0 Å². The van der Waals surface area contributed by atoms with E-state index in [4.69, 9.17) is 5.73 Å². The third kappa shape index (κ3) is 3.84. The second-order valence-electron chi connectivity index (χ2n) is 4.34. The smallest absolute Gasteiger partial charge is 0.0717 e. The van der Waals surface area contributed by atoms with Crippen molar-refractivity contribution in [3.63, 3.8) is 0 Å². The zero-order chi connectivity index (χ0) is 13.8. The van der Waals surface area contributed by atoms with Crippen molar-refractivity contribution in [2.24, 2.45) is 5.73 Å². The van der Waals surface area contributed by atoms with Gasteiger partial charge in [0.15, 0.2) is 0 Å². The highest BCUT2D eigenvalue weighted by Crippen LogP contribution is 2.25. The highest BCUT2D eigenvalue weighted by molar-refractivity contribution is 9.11. The molecule has 1 atom stereocenters. The molecule has 0 saturated carbocycles. The van der Waals surface area contributed by atoms with Crippen LogP contribution in [0.1, 0.15) is 29.9 Å². The van der Waals surface area contributed by atoms with E-state index in [9.17, 15) is 0 Å². The molecule has 0 radical (unpaired) electrons. The Morgan fingerprint density at radius 1 is 1.21 bits per heavy atom. The Morgan fingerprint density at radius 2 is 2.00 bits per heavy atom. The molecule has 2 aromatic heterocycles. The first kappa shape index (κ1) is 14.6. The van der Waals surface area contributed by atoms with Gasteiger partial charge in [0.25, 0.3) is 0 Å². The molecule has 0 amide bonds. The van der Waals surface area contributed by atoms with Crippen LogP contribution in [-0.2, 0) is 12.8 Å². The van der Waals surface area contributed by atoms with Gasteiger partial charge in [-0.25, -0.2) is 0 Å². The van der Waals surface area contributed by atoms with E-state index in [0.717, 1.165) is 26.8 Å². The standard InChI is InChI=1S/C14H15Br2N3/c1-2-9-3-4-11(18-7-9)6-13(17)14-12(16)5-10(15)8-19-14/h3-5,7-8,13H,2,6,17H2,1H3. The summed E-state index contributed by atoms with van der Waals surface area (Å²) in [6, 6.07) is 5.92. The summed E-state index contributed by atoms with van der Waals surface area (Å²) in [6.45, 7) is 2.12. The van der Waals surface area contributed by atoms with Crippen molar-refractivity contribution in [2.45, 2.75) is 25.8 Å². The fourth-order valence-corrected chi connectivity index (χ4v) is 3.09. The third-order valence-corrected chi connectivity index (χ3v) is 3.98. The second-order valence-corrected chi connectivity index (χ2v) is 6.11. The number of nitrogens with two attached hydrogens (primary N) is 1. The summed E-state index contributed by atoms with van der Waals surface area (Å²) in [6.07, 6.45) is 5.34. The van der Waals surface area contributed by atoms with Crippen LogP contribution in [0.25, 0.3) is 0 Å². The van der Waals surface area contributed by atoms with Gasteiger partial charge in [0.05, 0.1) is 11.7 Å². The van der Waals surface area contributed by atoms with Crippen LogP contribution in [0.4, 0.5) is 0 Å². The quantitative estimate of drug-likeness (QED) is 0.871. The van der Waals surface area contributed by atoms with Crippen molar-refractivity contribution in [2.75, 3.05) is 0 Å². The molecule has 2 heterocycles. The minimum absolute atomic E-state index is 0.164. The first-order valence-corrected chi connectivity index (χ1v) is 7.69. The van der Waals surface area contributed by atoms with Crippen molar-refractivity contribution < 1.29 is 0 Å². The molecule has 0 saturated heterocycles. The molecule has 0 aliphatic carbocycles. The van der Waals surface area contributed by atoms with E-state index >= 15 is 0 Å². The minimum atomic E-state index is -0.164. The normalized spacial score (nSPS) is 12.4. The SMILES string of the molecule is CCc1ccc(CC(N)c2ncc(Br)cc2Br)nc1. The molecule has 0 bridgehead atoms. The van der Waals surface area contributed by atoms with E-state index in [2.05, 4.69) is 54.8 Å². The Bertz CT molecular complexity index is 555. The maximum absolute atomic E-state index is 6.20. The topological polar surface area (TPSA) is 51.8 Å². The number of halogens is 2. The monoisotopic (exact) mass is 383 g/mol. The lowest BCUT2D eigenvalue weighted by Gasteiger charge is -2.12. The molecule has 0 fully saturated rings. The lowest BCUT2D eigenvalue weighted by atomic mass is 10.1. The van der Waals surface area contributed by atoms with Gasteiger partial charge in [-0.05, 0) is 56.0 Å².